The maximum Gasteiger partial charge on any atom is 0.0588 e. The first-order chi connectivity index (χ1) is 9.12. The number of hydrogen-bond acceptors (Lipinski definition) is 0. The molecule has 0 N–H and O–H groups in total. The maximum absolute atomic E-state index is 2.52. The van der Waals surface area contributed by atoms with E-state index in [9.17, 15) is 0 Å². The van der Waals surface area contributed by atoms with E-state index < -0.39 is 7.26 Å². The Morgan fingerprint density at radius 1 is 0.526 bits per heavy atom. The fourth-order valence-electron chi connectivity index (χ4n) is 2.54. The van der Waals surface area contributed by atoms with Gasteiger partial charge < -0.3 is 0 Å². The molecule has 0 aliphatic heterocycles. The highest BCUT2D eigenvalue weighted by molar-refractivity contribution is 7.74. The summed E-state index contributed by atoms with van der Waals surface area (Å²) in [6, 6.07) is 0. The van der Waals surface area contributed by atoms with E-state index in [1.807, 2.05) is 0 Å². The molecule has 0 unspecified atom stereocenters. The molecule has 0 radical (unpaired) electrons. The Labute approximate surface area is 124 Å². The normalized spacial score (nSPS) is 12.0. The van der Waals surface area contributed by atoms with Crippen molar-refractivity contribution in [2.24, 2.45) is 0 Å². The summed E-state index contributed by atoms with van der Waals surface area (Å²) in [5.74, 6) is 0. The van der Waals surface area contributed by atoms with Gasteiger partial charge in [-0.2, -0.15) is 0 Å². The quantitative estimate of drug-likeness (QED) is 0.239. The van der Waals surface area contributed by atoms with Crippen molar-refractivity contribution in [1.82, 2.24) is 0 Å². The van der Waals surface area contributed by atoms with Gasteiger partial charge in [-0.15, -0.1) is 0 Å². The van der Waals surface area contributed by atoms with Crippen LogP contribution < -0.4 is 0 Å². The van der Waals surface area contributed by atoms with E-state index >= 15 is 0 Å². The van der Waals surface area contributed by atoms with Crippen molar-refractivity contribution in [3.8, 4) is 0 Å². The van der Waals surface area contributed by atoms with Crippen LogP contribution in [0.25, 0.3) is 0 Å². The molecular formula is C18H40P+. The molecule has 0 nitrogen and oxygen atoms in total. The number of hydrogen-bond donors (Lipinski definition) is 0. The molecule has 0 aliphatic rings. The van der Waals surface area contributed by atoms with E-state index in [-0.39, 0.29) is 0 Å². The van der Waals surface area contributed by atoms with E-state index in [1.54, 1.807) is 0 Å². The Hall–Kier alpha value is 0.430. The second kappa shape index (κ2) is 13.4. The lowest BCUT2D eigenvalue weighted by atomic mass is 10.1. The predicted molar refractivity (Wildman–Crippen MR) is 95.3 cm³/mol. The van der Waals surface area contributed by atoms with Crippen LogP contribution in [0.1, 0.15) is 90.9 Å². The molecule has 0 amide bonds. The SMILES string of the molecule is CCCCCCCCCCCCCC[P+](C)(C)CC. The minimum absolute atomic E-state index is 0.503. The first-order valence-electron chi connectivity index (χ1n) is 8.94. The number of rotatable bonds is 14. The molecule has 0 aromatic heterocycles. The fourth-order valence-corrected chi connectivity index (χ4v) is 3.93. The van der Waals surface area contributed by atoms with Gasteiger partial charge in [0.1, 0.15) is 0 Å². The second-order valence-electron chi connectivity index (χ2n) is 6.86. The lowest BCUT2D eigenvalue weighted by Gasteiger charge is -2.15. The van der Waals surface area contributed by atoms with Crippen LogP contribution in [0.3, 0.4) is 0 Å². The Balaban J connectivity index is 3.07. The van der Waals surface area contributed by atoms with Crippen molar-refractivity contribution in [3.05, 3.63) is 0 Å². The largest absolute Gasteiger partial charge is 0.0654 e. The Morgan fingerprint density at radius 2 is 0.895 bits per heavy atom. The molecule has 116 valence electrons. The summed E-state index contributed by atoms with van der Waals surface area (Å²) in [5.41, 5.74) is 0. The minimum atomic E-state index is -0.503. The van der Waals surface area contributed by atoms with Gasteiger partial charge in [-0.3, -0.25) is 0 Å². The molecule has 0 spiro atoms. The van der Waals surface area contributed by atoms with Crippen molar-refractivity contribution in [2.75, 3.05) is 25.7 Å². The standard InChI is InChI=1S/C18H40P/c1-5-7-8-9-10-11-12-13-14-15-16-17-18-19(3,4)6-2/h5-18H2,1-4H3/q+1. The molecule has 0 aromatic carbocycles. The Kier molecular flexibility index (Phi) is 13.7. The lowest BCUT2D eigenvalue weighted by molar-refractivity contribution is 0.548. The van der Waals surface area contributed by atoms with Crippen LogP contribution in [0.15, 0.2) is 0 Å². The van der Waals surface area contributed by atoms with E-state index in [2.05, 4.69) is 27.2 Å². The summed E-state index contributed by atoms with van der Waals surface area (Å²) in [7, 11) is -0.503. The van der Waals surface area contributed by atoms with Crippen LogP contribution in [0.4, 0.5) is 0 Å². The average molecular weight is 287 g/mol. The van der Waals surface area contributed by atoms with Crippen LogP contribution in [-0.2, 0) is 0 Å². The first kappa shape index (κ1) is 19.4. The topological polar surface area (TPSA) is 0 Å². The lowest BCUT2D eigenvalue weighted by Crippen LogP contribution is -1.97. The molecular weight excluding hydrogens is 247 g/mol. The molecule has 0 fully saturated rings. The van der Waals surface area contributed by atoms with E-state index in [4.69, 9.17) is 0 Å². The molecule has 0 rings (SSSR count). The summed E-state index contributed by atoms with van der Waals surface area (Å²) >= 11 is 0. The van der Waals surface area contributed by atoms with Gasteiger partial charge in [0.2, 0.25) is 0 Å². The van der Waals surface area contributed by atoms with Crippen LogP contribution in [-0.4, -0.2) is 25.7 Å². The maximum atomic E-state index is 2.52. The van der Waals surface area contributed by atoms with Gasteiger partial charge in [-0.05, 0) is 19.8 Å². The summed E-state index contributed by atoms with van der Waals surface area (Å²) in [5, 5.41) is 0. The zero-order valence-corrected chi connectivity index (χ0v) is 15.2. The van der Waals surface area contributed by atoms with Gasteiger partial charge in [-0.1, -0.05) is 71.1 Å². The molecule has 0 saturated heterocycles. The average Bonchev–Trinajstić information content (AvgIpc) is 2.40. The van der Waals surface area contributed by atoms with Crippen molar-refractivity contribution in [1.29, 1.82) is 0 Å². The van der Waals surface area contributed by atoms with E-state index in [0.717, 1.165) is 0 Å². The zero-order chi connectivity index (χ0) is 14.4. The molecule has 1 heteroatoms. The van der Waals surface area contributed by atoms with Gasteiger partial charge in [-0.25, -0.2) is 0 Å². The van der Waals surface area contributed by atoms with Gasteiger partial charge in [0.15, 0.2) is 0 Å². The van der Waals surface area contributed by atoms with Gasteiger partial charge in [0.25, 0.3) is 0 Å². The van der Waals surface area contributed by atoms with Crippen molar-refractivity contribution in [3.63, 3.8) is 0 Å². The third-order valence-electron chi connectivity index (χ3n) is 4.47. The minimum Gasteiger partial charge on any atom is -0.0654 e. The smallest absolute Gasteiger partial charge is 0.0588 e. The van der Waals surface area contributed by atoms with Gasteiger partial charge >= 0.3 is 0 Å². The molecule has 0 aromatic rings. The van der Waals surface area contributed by atoms with Crippen LogP contribution in [0.2, 0.25) is 0 Å². The molecule has 0 aliphatic carbocycles. The number of unbranched alkanes of at least 4 members (excludes halogenated alkanes) is 11. The summed E-state index contributed by atoms with van der Waals surface area (Å²) in [4.78, 5) is 0. The van der Waals surface area contributed by atoms with E-state index in [1.165, 1.54) is 89.4 Å². The van der Waals surface area contributed by atoms with Crippen molar-refractivity contribution >= 4 is 7.26 Å². The van der Waals surface area contributed by atoms with Crippen LogP contribution in [0, 0.1) is 0 Å². The molecule has 0 atom stereocenters. The van der Waals surface area contributed by atoms with Crippen LogP contribution >= 0.6 is 7.26 Å². The Morgan fingerprint density at radius 3 is 1.26 bits per heavy atom. The third kappa shape index (κ3) is 14.6. The predicted octanol–water partition coefficient (Wildman–Crippen LogP) is 6.98. The zero-order valence-electron chi connectivity index (χ0n) is 14.3. The Bertz CT molecular complexity index is 175. The molecule has 19 heavy (non-hydrogen) atoms. The highest BCUT2D eigenvalue weighted by Crippen LogP contribution is 2.51. The molecule has 0 saturated carbocycles. The second-order valence-corrected chi connectivity index (χ2v) is 11.8. The van der Waals surface area contributed by atoms with Gasteiger partial charge in [0, 0.05) is 20.6 Å². The highest BCUT2D eigenvalue weighted by Gasteiger charge is 2.20. The summed E-state index contributed by atoms with van der Waals surface area (Å²) < 4.78 is 0. The van der Waals surface area contributed by atoms with Crippen molar-refractivity contribution in [2.45, 2.75) is 90.9 Å². The molecule has 0 bridgehead atoms. The third-order valence-corrected chi connectivity index (χ3v) is 7.71. The van der Waals surface area contributed by atoms with E-state index in [0.29, 0.717) is 0 Å². The fraction of sp³-hybridized carbons (Fsp3) is 1.00. The summed E-state index contributed by atoms with van der Waals surface area (Å²) in [6.07, 6.45) is 20.6. The highest BCUT2D eigenvalue weighted by atomic mass is 31.2. The van der Waals surface area contributed by atoms with Gasteiger partial charge in [0.05, 0.1) is 12.3 Å². The summed E-state index contributed by atoms with van der Waals surface area (Å²) in [6.45, 7) is 9.70. The first-order valence-corrected chi connectivity index (χ1v) is 12.0. The monoisotopic (exact) mass is 287 g/mol. The van der Waals surface area contributed by atoms with Crippen LogP contribution in [0.5, 0.6) is 0 Å². The van der Waals surface area contributed by atoms with Crippen molar-refractivity contribution < 1.29 is 0 Å². The molecule has 0 heterocycles.